The molecule has 0 radical (unpaired) electrons. The third-order valence-corrected chi connectivity index (χ3v) is 3.95. The van der Waals surface area contributed by atoms with Crippen molar-refractivity contribution in [2.75, 3.05) is 0 Å². The molecule has 0 aromatic heterocycles. The van der Waals surface area contributed by atoms with E-state index in [2.05, 4.69) is 20.8 Å². The Morgan fingerprint density at radius 3 is 2.25 bits per heavy atom. The van der Waals surface area contributed by atoms with E-state index < -0.39 is 0 Å². The van der Waals surface area contributed by atoms with Crippen molar-refractivity contribution in [3.8, 4) is 0 Å². The van der Waals surface area contributed by atoms with Crippen LogP contribution in [0.15, 0.2) is 0 Å². The van der Waals surface area contributed by atoms with Crippen LogP contribution in [0, 0.1) is 11.3 Å². The van der Waals surface area contributed by atoms with Gasteiger partial charge in [0.1, 0.15) is 0 Å². The van der Waals surface area contributed by atoms with Gasteiger partial charge in [-0.25, -0.2) is 0 Å². The molecule has 0 nitrogen and oxygen atoms in total. The summed E-state index contributed by atoms with van der Waals surface area (Å²) in [7, 11) is 0. The summed E-state index contributed by atoms with van der Waals surface area (Å²) in [5.74, 6) is 0.796. The normalized spacial score (nSPS) is 27.0. The Morgan fingerprint density at radius 2 is 1.83 bits per heavy atom. The average molecular weight is 189 g/mol. The standard InChI is InChI=1S/C11H21Cl/c1-4-10(12)9-5-7-11(2,3)8-6-9/h9-10H,4-8H2,1-3H3. The van der Waals surface area contributed by atoms with Crippen LogP contribution >= 0.6 is 11.6 Å². The van der Waals surface area contributed by atoms with Gasteiger partial charge in [-0.05, 0) is 43.4 Å². The van der Waals surface area contributed by atoms with E-state index in [1.807, 2.05) is 0 Å². The van der Waals surface area contributed by atoms with Crippen LogP contribution in [0.25, 0.3) is 0 Å². The lowest BCUT2D eigenvalue weighted by molar-refractivity contribution is 0.186. The number of rotatable bonds is 2. The fourth-order valence-electron chi connectivity index (χ4n) is 2.12. The predicted molar refractivity (Wildman–Crippen MR) is 55.7 cm³/mol. The third kappa shape index (κ3) is 2.65. The lowest BCUT2D eigenvalue weighted by Gasteiger charge is -2.35. The van der Waals surface area contributed by atoms with Crippen LogP contribution in [-0.2, 0) is 0 Å². The van der Waals surface area contributed by atoms with Crippen molar-refractivity contribution in [3.05, 3.63) is 0 Å². The second-order valence-corrected chi connectivity index (χ2v) is 5.49. The third-order valence-electron chi connectivity index (χ3n) is 3.29. The van der Waals surface area contributed by atoms with E-state index in [9.17, 15) is 0 Å². The molecule has 0 amide bonds. The molecular formula is C11H21Cl. The predicted octanol–water partition coefficient (Wildman–Crippen LogP) is 4.22. The molecule has 0 aromatic rings. The fourth-order valence-corrected chi connectivity index (χ4v) is 2.37. The van der Waals surface area contributed by atoms with Gasteiger partial charge < -0.3 is 0 Å². The summed E-state index contributed by atoms with van der Waals surface area (Å²) in [6, 6.07) is 0. The van der Waals surface area contributed by atoms with E-state index in [-0.39, 0.29) is 0 Å². The Morgan fingerprint density at radius 1 is 1.33 bits per heavy atom. The van der Waals surface area contributed by atoms with Crippen molar-refractivity contribution in [2.24, 2.45) is 11.3 Å². The molecule has 1 atom stereocenters. The van der Waals surface area contributed by atoms with Crippen molar-refractivity contribution in [1.82, 2.24) is 0 Å². The largest absolute Gasteiger partial charge is 0.123 e. The smallest absolute Gasteiger partial charge is 0.0361 e. The monoisotopic (exact) mass is 188 g/mol. The SMILES string of the molecule is CCC(Cl)C1CCC(C)(C)CC1. The van der Waals surface area contributed by atoms with Crippen molar-refractivity contribution in [3.63, 3.8) is 0 Å². The molecule has 0 bridgehead atoms. The van der Waals surface area contributed by atoms with E-state index in [1.54, 1.807) is 0 Å². The van der Waals surface area contributed by atoms with Crippen LogP contribution in [0.3, 0.4) is 0 Å². The van der Waals surface area contributed by atoms with Crippen LogP contribution < -0.4 is 0 Å². The van der Waals surface area contributed by atoms with Gasteiger partial charge in [0.15, 0.2) is 0 Å². The topological polar surface area (TPSA) is 0 Å². The van der Waals surface area contributed by atoms with Gasteiger partial charge in [0.2, 0.25) is 0 Å². The summed E-state index contributed by atoms with van der Waals surface area (Å²) in [5, 5.41) is 0.432. The minimum Gasteiger partial charge on any atom is -0.123 e. The van der Waals surface area contributed by atoms with E-state index in [0.717, 1.165) is 12.3 Å². The molecule has 12 heavy (non-hydrogen) atoms. The maximum absolute atomic E-state index is 6.24. The van der Waals surface area contributed by atoms with Crippen LogP contribution in [0.1, 0.15) is 52.9 Å². The highest BCUT2D eigenvalue weighted by Gasteiger charge is 2.29. The van der Waals surface area contributed by atoms with Gasteiger partial charge in [-0.15, -0.1) is 11.6 Å². The molecule has 0 heterocycles. The van der Waals surface area contributed by atoms with Gasteiger partial charge in [-0.1, -0.05) is 20.8 Å². The molecule has 1 aliphatic rings. The van der Waals surface area contributed by atoms with Gasteiger partial charge in [0, 0.05) is 5.38 Å². The molecule has 0 saturated heterocycles. The second-order valence-electron chi connectivity index (χ2n) is 4.93. The first-order valence-electron chi connectivity index (χ1n) is 5.19. The first kappa shape index (κ1) is 10.4. The zero-order chi connectivity index (χ0) is 9.19. The first-order valence-corrected chi connectivity index (χ1v) is 5.63. The second kappa shape index (κ2) is 4.00. The molecule has 0 aliphatic heterocycles. The van der Waals surface area contributed by atoms with E-state index >= 15 is 0 Å². The zero-order valence-corrected chi connectivity index (χ0v) is 9.32. The molecule has 1 fully saturated rings. The van der Waals surface area contributed by atoms with Crippen molar-refractivity contribution in [2.45, 2.75) is 58.3 Å². The number of hydrogen-bond acceptors (Lipinski definition) is 0. The highest BCUT2D eigenvalue weighted by atomic mass is 35.5. The van der Waals surface area contributed by atoms with Crippen molar-refractivity contribution < 1.29 is 0 Å². The molecule has 1 aliphatic carbocycles. The van der Waals surface area contributed by atoms with Crippen LogP contribution in [0.4, 0.5) is 0 Å². The fraction of sp³-hybridized carbons (Fsp3) is 1.00. The highest BCUT2D eigenvalue weighted by Crippen LogP contribution is 2.40. The maximum atomic E-state index is 6.24. The molecule has 72 valence electrons. The van der Waals surface area contributed by atoms with Crippen LogP contribution in [0.5, 0.6) is 0 Å². The lowest BCUT2D eigenvalue weighted by Crippen LogP contribution is -2.26. The Bertz CT molecular complexity index is 130. The number of alkyl halides is 1. The molecule has 0 aromatic carbocycles. The summed E-state index contributed by atoms with van der Waals surface area (Å²) < 4.78 is 0. The van der Waals surface area contributed by atoms with E-state index in [0.29, 0.717) is 10.8 Å². The average Bonchev–Trinajstić information content (AvgIpc) is 2.03. The van der Waals surface area contributed by atoms with E-state index in [4.69, 9.17) is 11.6 Å². The quantitative estimate of drug-likeness (QED) is 0.570. The van der Waals surface area contributed by atoms with Gasteiger partial charge >= 0.3 is 0 Å². The first-order chi connectivity index (χ1) is 5.55. The van der Waals surface area contributed by atoms with E-state index in [1.165, 1.54) is 25.7 Å². The molecule has 1 heteroatoms. The molecule has 0 spiro atoms. The Hall–Kier alpha value is 0.290. The number of hydrogen-bond donors (Lipinski definition) is 0. The van der Waals surface area contributed by atoms with Crippen LogP contribution in [-0.4, -0.2) is 5.38 Å². The Kier molecular flexibility index (Phi) is 3.46. The Balaban J connectivity index is 2.36. The molecule has 1 saturated carbocycles. The zero-order valence-electron chi connectivity index (χ0n) is 8.57. The van der Waals surface area contributed by atoms with Crippen molar-refractivity contribution >= 4 is 11.6 Å². The van der Waals surface area contributed by atoms with Crippen molar-refractivity contribution in [1.29, 1.82) is 0 Å². The lowest BCUT2D eigenvalue weighted by atomic mass is 9.72. The van der Waals surface area contributed by atoms with Gasteiger partial charge in [-0.2, -0.15) is 0 Å². The minimum atomic E-state index is 0.432. The molecule has 0 N–H and O–H groups in total. The maximum Gasteiger partial charge on any atom is 0.0361 e. The van der Waals surface area contributed by atoms with Gasteiger partial charge in [0.25, 0.3) is 0 Å². The van der Waals surface area contributed by atoms with Gasteiger partial charge in [-0.3, -0.25) is 0 Å². The highest BCUT2D eigenvalue weighted by molar-refractivity contribution is 6.20. The van der Waals surface area contributed by atoms with Gasteiger partial charge in [0.05, 0.1) is 0 Å². The van der Waals surface area contributed by atoms with Crippen LogP contribution in [0.2, 0.25) is 0 Å². The summed E-state index contributed by atoms with van der Waals surface area (Å²) in [5.41, 5.74) is 0.584. The molecule has 1 unspecified atom stereocenters. The summed E-state index contributed by atoms with van der Waals surface area (Å²) in [6.45, 7) is 6.94. The Labute approximate surface area is 81.7 Å². The molecule has 1 rings (SSSR count). The molecular weight excluding hydrogens is 168 g/mol. The minimum absolute atomic E-state index is 0.432. The summed E-state index contributed by atoms with van der Waals surface area (Å²) >= 11 is 6.24. The number of halogens is 1. The summed E-state index contributed by atoms with van der Waals surface area (Å²) in [6.07, 6.45) is 6.54. The summed E-state index contributed by atoms with van der Waals surface area (Å²) in [4.78, 5) is 0.